The minimum atomic E-state index is -3.72. The van der Waals surface area contributed by atoms with E-state index in [9.17, 15) is 13.2 Å². The second kappa shape index (κ2) is 5.23. The van der Waals surface area contributed by atoms with E-state index >= 15 is 0 Å². The lowest BCUT2D eigenvalue weighted by Gasteiger charge is -2.22. The van der Waals surface area contributed by atoms with Crippen LogP contribution in [-0.2, 0) is 14.8 Å². The molecule has 0 saturated carbocycles. The van der Waals surface area contributed by atoms with Crippen LogP contribution in [0.15, 0.2) is 29.2 Å². The monoisotopic (exact) mass is 294 g/mol. The quantitative estimate of drug-likeness (QED) is 0.898. The summed E-state index contributed by atoms with van der Waals surface area (Å²) >= 11 is 0. The molecule has 20 heavy (non-hydrogen) atoms. The summed E-state index contributed by atoms with van der Waals surface area (Å²) in [6, 6.07) is 6.95. The Balaban J connectivity index is 2.31. The van der Waals surface area contributed by atoms with Crippen molar-refractivity contribution in [1.29, 1.82) is 5.26 Å². The summed E-state index contributed by atoms with van der Waals surface area (Å²) < 4.78 is 26.1. The number of nitrogens with zero attached hydrogens (tertiary/aromatic N) is 2. The van der Waals surface area contributed by atoms with Crippen molar-refractivity contribution in [3.05, 3.63) is 29.8 Å². The Bertz CT molecular complexity index is 661. The normalized spacial score (nSPS) is 23.4. The highest BCUT2D eigenvalue weighted by molar-refractivity contribution is 7.89. The molecule has 106 valence electrons. The van der Waals surface area contributed by atoms with Gasteiger partial charge in [-0.05, 0) is 37.6 Å². The zero-order valence-corrected chi connectivity index (χ0v) is 11.7. The van der Waals surface area contributed by atoms with Gasteiger partial charge in [-0.15, -0.1) is 0 Å². The van der Waals surface area contributed by atoms with Crippen molar-refractivity contribution in [3.63, 3.8) is 0 Å². The summed E-state index contributed by atoms with van der Waals surface area (Å²) in [7, 11) is -3.72. The van der Waals surface area contributed by atoms with Gasteiger partial charge < -0.3 is 5.11 Å². The molecule has 0 aliphatic carbocycles. The van der Waals surface area contributed by atoms with E-state index in [4.69, 9.17) is 10.4 Å². The lowest BCUT2D eigenvalue weighted by molar-refractivity contribution is -0.142. The van der Waals surface area contributed by atoms with E-state index in [0.717, 1.165) is 0 Å². The molecule has 2 unspecified atom stereocenters. The summed E-state index contributed by atoms with van der Waals surface area (Å²) in [4.78, 5) is 11.1. The number of carboxylic acid groups (broad SMARTS) is 1. The lowest BCUT2D eigenvalue weighted by atomic mass is 10.0. The molecule has 1 aliphatic rings. The summed E-state index contributed by atoms with van der Waals surface area (Å²) in [5.41, 5.74) is 0.377. The van der Waals surface area contributed by atoms with Gasteiger partial charge in [-0.3, -0.25) is 4.79 Å². The second-order valence-electron chi connectivity index (χ2n) is 4.73. The predicted octanol–water partition coefficient (Wildman–Crippen LogP) is 1.04. The predicted molar refractivity (Wildman–Crippen MR) is 70.3 cm³/mol. The number of aliphatic carboxylic acids is 1. The third kappa shape index (κ3) is 2.40. The van der Waals surface area contributed by atoms with Gasteiger partial charge in [0.15, 0.2) is 0 Å². The molecule has 1 saturated heterocycles. The lowest BCUT2D eigenvalue weighted by Crippen LogP contribution is -2.37. The number of carbonyl (C=O) groups is 1. The van der Waals surface area contributed by atoms with E-state index in [-0.39, 0.29) is 11.4 Å². The van der Waals surface area contributed by atoms with E-state index in [1.54, 1.807) is 6.92 Å². The molecule has 1 aromatic rings. The molecule has 0 aromatic heterocycles. The molecule has 0 radical (unpaired) electrons. The van der Waals surface area contributed by atoms with Crippen molar-refractivity contribution in [2.75, 3.05) is 6.54 Å². The molecule has 0 spiro atoms. The van der Waals surface area contributed by atoms with E-state index in [1.807, 2.05) is 6.07 Å². The van der Waals surface area contributed by atoms with Crippen LogP contribution in [0.1, 0.15) is 18.9 Å². The van der Waals surface area contributed by atoms with Gasteiger partial charge in [-0.2, -0.15) is 9.57 Å². The first-order valence-corrected chi connectivity index (χ1v) is 7.56. The van der Waals surface area contributed by atoms with Crippen LogP contribution in [0.4, 0.5) is 0 Å². The first kappa shape index (κ1) is 14.5. The van der Waals surface area contributed by atoms with Crippen molar-refractivity contribution in [2.24, 2.45) is 5.92 Å². The molecule has 0 bridgehead atoms. The third-order valence-corrected chi connectivity index (χ3v) is 5.60. The number of hydrogen-bond acceptors (Lipinski definition) is 4. The number of nitriles is 1. The van der Waals surface area contributed by atoms with E-state index < -0.39 is 28.0 Å². The highest BCUT2D eigenvalue weighted by atomic mass is 32.2. The minimum absolute atomic E-state index is 0.0781. The van der Waals surface area contributed by atoms with E-state index in [1.165, 1.54) is 28.6 Å². The fourth-order valence-corrected chi connectivity index (χ4v) is 4.10. The summed E-state index contributed by atoms with van der Waals surface area (Å²) in [6.07, 6.45) is 0.312. The Hall–Kier alpha value is -1.91. The van der Waals surface area contributed by atoms with Crippen LogP contribution in [0, 0.1) is 17.2 Å². The molecular formula is C13H14N2O4S. The van der Waals surface area contributed by atoms with Gasteiger partial charge in [0.1, 0.15) is 0 Å². The topological polar surface area (TPSA) is 98.5 Å². The maximum atomic E-state index is 12.5. The van der Waals surface area contributed by atoms with Gasteiger partial charge in [0.05, 0.1) is 22.4 Å². The third-order valence-electron chi connectivity index (χ3n) is 3.60. The number of hydrogen-bond donors (Lipinski definition) is 1. The molecule has 1 heterocycles. The summed E-state index contributed by atoms with van der Waals surface area (Å²) in [5.74, 6) is -1.65. The fourth-order valence-electron chi connectivity index (χ4n) is 2.42. The van der Waals surface area contributed by atoms with Crippen molar-refractivity contribution in [2.45, 2.75) is 24.3 Å². The van der Waals surface area contributed by atoms with Crippen molar-refractivity contribution in [3.8, 4) is 6.07 Å². The van der Waals surface area contributed by atoms with Crippen LogP contribution < -0.4 is 0 Å². The van der Waals surface area contributed by atoms with Crippen LogP contribution >= 0.6 is 0 Å². The molecule has 2 rings (SSSR count). The molecule has 0 amide bonds. The standard InChI is InChI=1S/C13H14N2O4S/c1-9-12(13(16)17)6-7-15(9)20(18,19)11-4-2-10(8-14)3-5-11/h2-5,9,12H,6-7H2,1H3,(H,16,17). The van der Waals surface area contributed by atoms with E-state index in [0.29, 0.717) is 12.0 Å². The number of rotatable bonds is 3. The molecular weight excluding hydrogens is 280 g/mol. The average molecular weight is 294 g/mol. The summed E-state index contributed by atoms with van der Waals surface area (Å²) in [6.45, 7) is 1.80. The smallest absolute Gasteiger partial charge is 0.308 e. The Labute approximate surface area is 117 Å². The van der Waals surface area contributed by atoms with Crippen LogP contribution in [0.2, 0.25) is 0 Å². The zero-order chi connectivity index (χ0) is 14.9. The molecule has 1 aromatic carbocycles. The van der Waals surface area contributed by atoms with Gasteiger partial charge in [-0.1, -0.05) is 0 Å². The Morgan fingerprint density at radius 2 is 2.00 bits per heavy atom. The molecule has 1 N–H and O–H groups in total. The van der Waals surface area contributed by atoms with Gasteiger partial charge in [0, 0.05) is 12.6 Å². The highest BCUT2D eigenvalue weighted by Crippen LogP contribution is 2.30. The van der Waals surface area contributed by atoms with Gasteiger partial charge in [-0.25, -0.2) is 8.42 Å². The van der Waals surface area contributed by atoms with Gasteiger partial charge in [0.25, 0.3) is 0 Å². The minimum Gasteiger partial charge on any atom is -0.481 e. The molecule has 1 fully saturated rings. The Morgan fingerprint density at radius 3 is 2.45 bits per heavy atom. The van der Waals surface area contributed by atoms with Crippen LogP contribution in [-0.4, -0.2) is 36.4 Å². The average Bonchev–Trinajstić information content (AvgIpc) is 2.81. The summed E-state index contributed by atoms with van der Waals surface area (Å²) in [5, 5.41) is 17.8. The molecule has 1 aliphatic heterocycles. The fraction of sp³-hybridized carbons (Fsp3) is 0.385. The highest BCUT2D eigenvalue weighted by Gasteiger charge is 2.42. The first-order chi connectivity index (χ1) is 9.37. The molecule has 6 nitrogen and oxygen atoms in total. The molecule has 2 atom stereocenters. The largest absolute Gasteiger partial charge is 0.481 e. The Kier molecular flexibility index (Phi) is 3.79. The Morgan fingerprint density at radius 1 is 1.40 bits per heavy atom. The van der Waals surface area contributed by atoms with Gasteiger partial charge >= 0.3 is 5.97 Å². The number of benzene rings is 1. The van der Waals surface area contributed by atoms with Crippen molar-refractivity contribution < 1.29 is 18.3 Å². The van der Waals surface area contributed by atoms with Gasteiger partial charge in [0.2, 0.25) is 10.0 Å². The first-order valence-electron chi connectivity index (χ1n) is 6.12. The van der Waals surface area contributed by atoms with E-state index in [2.05, 4.69) is 0 Å². The zero-order valence-electron chi connectivity index (χ0n) is 10.9. The van der Waals surface area contributed by atoms with Crippen LogP contribution in [0.3, 0.4) is 0 Å². The van der Waals surface area contributed by atoms with Crippen molar-refractivity contribution in [1.82, 2.24) is 4.31 Å². The van der Waals surface area contributed by atoms with Crippen molar-refractivity contribution >= 4 is 16.0 Å². The number of sulfonamides is 1. The molecule has 7 heteroatoms. The van der Waals surface area contributed by atoms with Crippen LogP contribution in [0.5, 0.6) is 0 Å². The SMILES string of the molecule is CC1C(C(=O)O)CCN1S(=O)(=O)c1ccc(C#N)cc1. The maximum absolute atomic E-state index is 12.5. The van der Waals surface area contributed by atoms with Crippen LogP contribution in [0.25, 0.3) is 0 Å². The second-order valence-corrected chi connectivity index (χ2v) is 6.62. The maximum Gasteiger partial charge on any atom is 0.308 e. The number of carboxylic acids is 1.